The van der Waals surface area contributed by atoms with Crippen molar-refractivity contribution in [2.75, 3.05) is 26.8 Å². The topological polar surface area (TPSA) is 96.0 Å². The van der Waals surface area contributed by atoms with Crippen LogP contribution in [0.4, 0.5) is 0 Å². The van der Waals surface area contributed by atoms with Crippen molar-refractivity contribution in [3.8, 4) is 5.88 Å². The highest BCUT2D eigenvalue weighted by Gasteiger charge is 2.30. The summed E-state index contributed by atoms with van der Waals surface area (Å²) in [6.45, 7) is 6.01. The highest BCUT2D eigenvalue weighted by atomic mass is 16.5. The molecule has 6 heterocycles. The predicted octanol–water partition coefficient (Wildman–Crippen LogP) is 5.17. The van der Waals surface area contributed by atoms with E-state index in [-0.39, 0.29) is 18.1 Å². The lowest BCUT2D eigenvalue weighted by Crippen LogP contribution is -2.37. The standard InChI is InChI=1S/C33H36N6O4/c1-22(32-35-29-10-9-24(33(40)41-2)18-30(29)38(32)20-27-13-17-42-27)37-15-11-23(12-16-37)28-7-5-8-31(34-28)43-21-25-19-26-6-3-4-14-39(26)36-25/h3-10,14,18-19,22-23,27H,11-13,15-17,20-21H2,1-2H3/t22-,27?/m0/s1. The third-order valence-electron chi connectivity index (χ3n) is 8.78. The molecule has 10 heteroatoms. The van der Waals surface area contributed by atoms with Crippen LogP contribution in [0.1, 0.15) is 65.7 Å². The molecule has 2 fully saturated rings. The molecule has 43 heavy (non-hydrogen) atoms. The molecule has 0 spiro atoms. The number of carbonyl (C=O) groups excluding carboxylic acids is 1. The van der Waals surface area contributed by atoms with Crippen LogP contribution < -0.4 is 4.74 Å². The molecule has 2 aliphatic heterocycles. The van der Waals surface area contributed by atoms with Crippen molar-refractivity contribution in [1.29, 1.82) is 0 Å². The van der Waals surface area contributed by atoms with Gasteiger partial charge in [0.05, 0.1) is 47.9 Å². The maximum Gasteiger partial charge on any atom is 0.337 e. The molecule has 4 aromatic heterocycles. The van der Waals surface area contributed by atoms with E-state index in [9.17, 15) is 4.79 Å². The van der Waals surface area contributed by atoms with Crippen LogP contribution in [0.5, 0.6) is 5.88 Å². The van der Waals surface area contributed by atoms with E-state index in [1.54, 1.807) is 6.07 Å². The number of esters is 1. The van der Waals surface area contributed by atoms with E-state index < -0.39 is 0 Å². The van der Waals surface area contributed by atoms with Crippen molar-refractivity contribution in [3.05, 3.63) is 89.6 Å². The fourth-order valence-electron chi connectivity index (χ4n) is 6.22. The maximum atomic E-state index is 12.2. The molecule has 5 aromatic rings. The second-order valence-corrected chi connectivity index (χ2v) is 11.4. The minimum atomic E-state index is -0.343. The molecular weight excluding hydrogens is 544 g/mol. The van der Waals surface area contributed by atoms with Gasteiger partial charge in [0.25, 0.3) is 0 Å². The summed E-state index contributed by atoms with van der Waals surface area (Å²) in [6, 6.07) is 19.8. The number of rotatable bonds is 9. The second-order valence-electron chi connectivity index (χ2n) is 11.4. The van der Waals surface area contributed by atoms with Gasteiger partial charge in [0.2, 0.25) is 5.88 Å². The molecule has 0 radical (unpaired) electrons. The second kappa shape index (κ2) is 11.8. The van der Waals surface area contributed by atoms with Gasteiger partial charge < -0.3 is 18.8 Å². The number of benzene rings is 1. The molecule has 1 aromatic carbocycles. The first-order valence-corrected chi connectivity index (χ1v) is 15.0. The molecule has 0 amide bonds. The van der Waals surface area contributed by atoms with Gasteiger partial charge in [0.1, 0.15) is 18.1 Å². The van der Waals surface area contributed by atoms with Crippen LogP contribution in [0.3, 0.4) is 0 Å². The number of piperidine rings is 1. The average molecular weight is 581 g/mol. The number of pyridine rings is 2. The van der Waals surface area contributed by atoms with Gasteiger partial charge in [0, 0.05) is 30.5 Å². The summed E-state index contributed by atoms with van der Waals surface area (Å²) in [7, 11) is 1.41. The number of ether oxygens (including phenoxy) is 3. The molecule has 0 bridgehead atoms. The number of aromatic nitrogens is 5. The number of carbonyl (C=O) groups is 1. The van der Waals surface area contributed by atoms with E-state index in [1.165, 1.54) is 7.11 Å². The zero-order chi connectivity index (χ0) is 29.3. The molecule has 222 valence electrons. The number of nitrogens with zero attached hydrogens (tertiary/aromatic N) is 6. The number of methoxy groups -OCH3 is 1. The first-order valence-electron chi connectivity index (χ1n) is 15.0. The normalized spacial score (nSPS) is 18.5. The third-order valence-corrected chi connectivity index (χ3v) is 8.78. The molecule has 0 saturated carbocycles. The van der Waals surface area contributed by atoms with Gasteiger partial charge in [0.15, 0.2) is 0 Å². The Morgan fingerprint density at radius 3 is 2.67 bits per heavy atom. The van der Waals surface area contributed by atoms with Gasteiger partial charge in [-0.15, -0.1) is 0 Å². The van der Waals surface area contributed by atoms with Gasteiger partial charge in [-0.2, -0.15) is 5.10 Å². The van der Waals surface area contributed by atoms with E-state index in [0.717, 1.165) is 79.3 Å². The maximum absolute atomic E-state index is 12.2. The van der Waals surface area contributed by atoms with Crippen molar-refractivity contribution >= 4 is 22.5 Å². The van der Waals surface area contributed by atoms with E-state index >= 15 is 0 Å². The largest absolute Gasteiger partial charge is 0.471 e. The van der Waals surface area contributed by atoms with E-state index in [4.69, 9.17) is 24.2 Å². The Kier molecular flexibility index (Phi) is 7.54. The first-order chi connectivity index (χ1) is 21.1. The van der Waals surface area contributed by atoms with E-state index in [2.05, 4.69) is 27.6 Å². The highest BCUT2D eigenvalue weighted by Crippen LogP contribution is 2.34. The Labute approximate surface area is 250 Å². The Morgan fingerprint density at radius 1 is 1.05 bits per heavy atom. The van der Waals surface area contributed by atoms with Crippen molar-refractivity contribution in [1.82, 2.24) is 29.0 Å². The summed E-state index contributed by atoms with van der Waals surface area (Å²) in [4.78, 5) is 24.7. The van der Waals surface area contributed by atoms with Crippen LogP contribution in [0.2, 0.25) is 0 Å². The van der Waals surface area contributed by atoms with Crippen molar-refractivity contribution in [2.45, 2.75) is 57.4 Å². The highest BCUT2D eigenvalue weighted by molar-refractivity contribution is 5.93. The van der Waals surface area contributed by atoms with Crippen molar-refractivity contribution in [2.24, 2.45) is 0 Å². The van der Waals surface area contributed by atoms with Gasteiger partial charge in [-0.3, -0.25) is 4.90 Å². The van der Waals surface area contributed by atoms with Crippen molar-refractivity contribution < 1.29 is 19.0 Å². The molecule has 0 N–H and O–H groups in total. The Balaban J connectivity index is 1.03. The molecule has 1 unspecified atom stereocenters. The van der Waals surface area contributed by atoms with Crippen molar-refractivity contribution in [3.63, 3.8) is 0 Å². The molecule has 2 aliphatic rings. The molecular formula is C33H36N6O4. The average Bonchev–Trinajstić information content (AvgIpc) is 3.62. The monoisotopic (exact) mass is 580 g/mol. The lowest BCUT2D eigenvalue weighted by atomic mass is 9.92. The molecule has 2 atom stereocenters. The van der Waals surface area contributed by atoms with E-state index in [1.807, 2.05) is 59.2 Å². The van der Waals surface area contributed by atoms with Gasteiger partial charge >= 0.3 is 5.97 Å². The van der Waals surface area contributed by atoms with E-state index in [0.29, 0.717) is 24.0 Å². The van der Waals surface area contributed by atoms with Crippen LogP contribution in [0, 0.1) is 0 Å². The SMILES string of the molecule is COC(=O)c1ccc2nc([C@H](C)N3CCC(c4cccc(OCc5cc6ccccn6n5)n4)CC3)n(CC3CCO3)c2c1. The number of likely N-dealkylation sites (tertiary alicyclic amines) is 1. The Hall–Kier alpha value is -4.28. The van der Waals surface area contributed by atoms with Crippen LogP contribution in [-0.4, -0.2) is 67.9 Å². The summed E-state index contributed by atoms with van der Waals surface area (Å²) in [6.07, 6.45) is 5.15. The van der Waals surface area contributed by atoms with Crippen LogP contribution in [0.15, 0.2) is 66.9 Å². The summed E-state index contributed by atoms with van der Waals surface area (Å²) in [5.41, 5.74) is 5.35. The minimum Gasteiger partial charge on any atom is -0.471 e. The summed E-state index contributed by atoms with van der Waals surface area (Å²) in [5, 5.41) is 4.57. The summed E-state index contributed by atoms with van der Waals surface area (Å²) >= 11 is 0. The molecule has 7 rings (SSSR count). The Morgan fingerprint density at radius 2 is 1.91 bits per heavy atom. The summed E-state index contributed by atoms with van der Waals surface area (Å²) < 4.78 is 20.9. The first kappa shape index (κ1) is 27.5. The Bertz CT molecular complexity index is 1720. The smallest absolute Gasteiger partial charge is 0.337 e. The fourth-order valence-corrected chi connectivity index (χ4v) is 6.22. The van der Waals surface area contributed by atoms with Gasteiger partial charge in [-0.25, -0.2) is 19.3 Å². The van der Waals surface area contributed by atoms with Crippen LogP contribution in [0.25, 0.3) is 16.6 Å². The molecule has 10 nitrogen and oxygen atoms in total. The quantitative estimate of drug-likeness (QED) is 0.220. The van der Waals surface area contributed by atoms with Gasteiger partial charge in [-0.05, 0) is 81.7 Å². The fraction of sp³-hybridized carbons (Fsp3) is 0.394. The number of imidazole rings is 1. The lowest BCUT2D eigenvalue weighted by Gasteiger charge is -2.36. The number of hydrogen-bond donors (Lipinski definition) is 0. The molecule has 0 aliphatic carbocycles. The molecule has 2 saturated heterocycles. The summed E-state index contributed by atoms with van der Waals surface area (Å²) in [5.74, 6) is 1.66. The number of fused-ring (bicyclic) bond motifs is 2. The lowest BCUT2D eigenvalue weighted by molar-refractivity contribution is -0.0594. The van der Waals surface area contributed by atoms with Crippen LogP contribution in [-0.2, 0) is 22.6 Å². The number of hydrogen-bond acceptors (Lipinski definition) is 8. The van der Waals surface area contributed by atoms with Gasteiger partial charge in [-0.1, -0.05) is 12.1 Å². The third kappa shape index (κ3) is 5.60. The van der Waals surface area contributed by atoms with Crippen LogP contribution >= 0.6 is 0 Å². The minimum absolute atomic E-state index is 0.114. The predicted molar refractivity (Wildman–Crippen MR) is 161 cm³/mol. The zero-order valence-corrected chi connectivity index (χ0v) is 24.6. The zero-order valence-electron chi connectivity index (χ0n) is 24.6.